The molecule has 0 aliphatic heterocycles. The van der Waals surface area contributed by atoms with Crippen LogP contribution in [0.4, 0.5) is 11.6 Å². The van der Waals surface area contributed by atoms with Gasteiger partial charge < -0.3 is 10.1 Å². The maximum absolute atomic E-state index is 5.12. The fourth-order valence-corrected chi connectivity index (χ4v) is 2.52. The predicted molar refractivity (Wildman–Crippen MR) is 91.9 cm³/mol. The molecule has 0 amide bonds. The van der Waals surface area contributed by atoms with Crippen LogP contribution in [0.25, 0.3) is 22.3 Å². The van der Waals surface area contributed by atoms with Gasteiger partial charge in [0, 0.05) is 23.7 Å². The van der Waals surface area contributed by atoms with E-state index < -0.39 is 0 Å². The third kappa shape index (κ3) is 2.84. The molecular weight excluding hydrogens is 304 g/mol. The van der Waals surface area contributed by atoms with Crippen molar-refractivity contribution >= 4 is 22.5 Å². The van der Waals surface area contributed by atoms with Gasteiger partial charge in [-0.1, -0.05) is 24.3 Å². The second kappa shape index (κ2) is 6.13. The van der Waals surface area contributed by atoms with Crippen molar-refractivity contribution in [2.75, 3.05) is 12.4 Å². The molecular formula is C17H16N6O. The fraction of sp³-hybridized carbons (Fsp3) is 0.118. The molecule has 0 unspecified atom stereocenters. The second-order valence-electron chi connectivity index (χ2n) is 5.43. The zero-order valence-corrected chi connectivity index (χ0v) is 13.1. The van der Waals surface area contributed by atoms with Crippen LogP contribution in [0.1, 0.15) is 5.56 Å². The zero-order chi connectivity index (χ0) is 16.4. The topological polar surface area (TPSA) is 91.5 Å². The highest BCUT2D eigenvalue weighted by atomic mass is 16.5. The fourth-order valence-electron chi connectivity index (χ4n) is 2.52. The summed E-state index contributed by atoms with van der Waals surface area (Å²) in [4.78, 5) is 4.49. The van der Waals surface area contributed by atoms with Crippen molar-refractivity contribution in [3.8, 4) is 11.4 Å². The van der Waals surface area contributed by atoms with Gasteiger partial charge in [0.15, 0.2) is 5.82 Å². The summed E-state index contributed by atoms with van der Waals surface area (Å²) >= 11 is 0. The van der Waals surface area contributed by atoms with Crippen LogP contribution in [0.2, 0.25) is 0 Å². The zero-order valence-electron chi connectivity index (χ0n) is 13.1. The van der Waals surface area contributed by atoms with E-state index in [2.05, 4.69) is 30.7 Å². The SMILES string of the molecule is COCc1ccc(-c2nc(Nc3ccc4[nH]ncc4c3)n[nH]2)cc1. The van der Waals surface area contributed by atoms with Crippen molar-refractivity contribution < 1.29 is 4.74 Å². The number of methoxy groups -OCH3 is 1. The molecule has 24 heavy (non-hydrogen) atoms. The molecule has 3 N–H and O–H groups in total. The summed E-state index contributed by atoms with van der Waals surface area (Å²) in [7, 11) is 1.68. The monoisotopic (exact) mass is 320 g/mol. The average Bonchev–Trinajstić information content (AvgIpc) is 3.25. The molecule has 0 radical (unpaired) electrons. The van der Waals surface area contributed by atoms with Crippen LogP contribution in [0.15, 0.2) is 48.7 Å². The lowest BCUT2D eigenvalue weighted by Gasteiger charge is -2.01. The number of hydrogen-bond donors (Lipinski definition) is 3. The first kappa shape index (κ1) is 14.4. The van der Waals surface area contributed by atoms with E-state index in [1.165, 1.54) is 0 Å². The maximum Gasteiger partial charge on any atom is 0.246 e. The van der Waals surface area contributed by atoms with Crippen LogP contribution in [0.5, 0.6) is 0 Å². The molecule has 7 nitrogen and oxygen atoms in total. The van der Waals surface area contributed by atoms with E-state index in [1.807, 2.05) is 42.5 Å². The molecule has 4 aromatic rings. The van der Waals surface area contributed by atoms with Gasteiger partial charge in [-0.3, -0.25) is 10.2 Å². The van der Waals surface area contributed by atoms with E-state index >= 15 is 0 Å². The van der Waals surface area contributed by atoms with Crippen molar-refractivity contribution in [2.24, 2.45) is 0 Å². The summed E-state index contributed by atoms with van der Waals surface area (Å²) in [5, 5.41) is 18.3. The Morgan fingerprint density at radius 1 is 1.08 bits per heavy atom. The molecule has 120 valence electrons. The van der Waals surface area contributed by atoms with E-state index in [4.69, 9.17) is 4.74 Å². The Kier molecular flexibility index (Phi) is 3.68. The first-order chi connectivity index (χ1) is 11.8. The maximum atomic E-state index is 5.12. The average molecular weight is 320 g/mol. The van der Waals surface area contributed by atoms with E-state index in [9.17, 15) is 0 Å². The van der Waals surface area contributed by atoms with Crippen LogP contribution in [-0.4, -0.2) is 32.5 Å². The molecule has 2 heterocycles. The van der Waals surface area contributed by atoms with Gasteiger partial charge in [0.25, 0.3) is 0 Å². The molecule has 0 aliphatic rings. The molecule has 7 heteroatoms. The Balaban J connectivity index is 1.53. The Labute approximate surface area is 138 Å². The van der Waals surface area contributed by atoms with Gasteiger partial charge in [0.1, 0.15) is 0 Å². The Hall–Kier alpha value is -3.19. The lowest BCUT2D eigenvalue weighted by molar-refractivity contribution is 0.185. The minimum Gasteiger partial charge on any atom is -0.380 e. The van der Waals surface area contributed by atoms with E-state index in [-0.39, 0.29) is 0 Å². The molecule has 4 rings (SSSR count). The number of nitrogens with one attached hydrogen (secondary N) is 3. The first-order valence-corrected chi connectivity index (χ1v) is 7.52. The highest BCUT2D eigenvalue weighted by molar-refractivity contribution is 5.82. The Morgan fingerprint density at radius 3 is 2.79 bits per heavy atom. The van der Waals surface area contributed by atoms with Crippen LogP contribution < -0.4 is 5.32 Å². The molecule has 0 atom stereocenters. The normalized spacial score (nSPS) is 11.0. The van der Waals surface area contributed by atoms with Gasteiger partial charge in [-0.25, -0.2) is 0 Å². The summed E-state index contributed by atoms with van der Waals surface area (Å²) < 4.78 is 5.12. The second-order valence-corrected chi connectivity index (χ2v) is 5.43. The van der Waals surface area contributed by atoms with Crippen LogP contribution in [0.3, 0.4) is 0 Å². The Morgan fingerprint density at radius 2 is 1.96 bits per heavy atom. The van der Waals surface area contributed by atoms with Crippen LogP contribution >= 0.6 is 0 Å². The smallest absolute Gasteiger partial charge is 0.246 e. The third-order valence-electron chi connectivity index (χ3n) is 3.72. The number of benzene rings is 2. The highest BCUT2D eigenvalue weighted by Crippen LogP contribution is 2.21. The van der Waals surface area contributed by atoms with Crippen molar-refractivity contribution in [1.82, 2.24) is 25.4 Å². The number of nitrogens with zero attached hydrogens (tertiary/aromatic N) is 3. The van der Waals surface area contributed by atoms with Gasteiger partial charge in [0.05, 0.1) is 18.3 Å². The Bertz CT molecular complexity index is 957. The molecule has 0 saturated carbocycles. The van der Waals surface area contributed by atoms with Gasteiger partial charge in [-0.2, -0.15) is 10.1 Å². The molecule has 0 bridgehead atoms. The predicted octanol–water partition coefficient (Wildman–Crippen LogP) is 3.24. The number of aromatic amines is 2. The quantitative estimate of drug-likeness (QED) is 0.525. The van der Waals surface area contributed by atoms with Crippen molar-refractivity contribution in [1.29, 1.82) is 0 Å². The van der Waals surface area contributed by atoms with E-state index in [1.54, 1.807) is 13.3 Å². The number of rotatable bonds is 5. The van der Waals surface area contributed by atoms with Crippen molar-refractivity contribution in [3.05, 3.63) is 54.2 Å². The van der Waals surface area contributed by atoms with Gasteiger partial charge in [-0.05, 0) is 23.8 Å². The number of fused-ring (bicyclic) bond motifs is 1. The van der Waals surface area contributed by atoms with E-state index in [0.29, 0.717) is 18.4 Å². The molecule has 2 aromatic heterocycles. The van der Waals surface area contributed by atoms with Crippen molar-refractivity contribution in [2.45, 2.75) is 6.61 Å². The minimum atomic E-state index is 0.522. The molecule has 0 spiro atoms. The van der Waals surface area contributed by atoms with Crippen molar-refractivity contribution in [3.63, 3.8) is 0 Å². The number of ether oxygens (including phenoxy) is 1. The third-order valence-corrected chi connectivity index (χ3v) is 3.72. The van der Waals surface area contributed by atoms with Gasteiger partial charge >= 0.3 is 0 Å². The molecule has 0 fully saturated rings. The lowest BCUT2D eigenvalue weighted by atomic mass is 10.1. The summed E-state index contributed by atoms with van der Waals surface area (Å²) in [6, 6.07) is 13.9. The summed E-state index contributed by atoms with van der Waals surface area (Å²) in [5.41, 5.74) is 3.99. The molecule has 2 aromatic carbocycles. The standard InChI is InChI=1S/C17H16N6O/c1-24-10-11-2-4-12(5-3-11)16-20-17(23-22-16)19-14-6-7-15-13(8-14)9-18-21-15/h2-9H,10H2,1H3,(H,18,21)(H2,19,20,22,23). The summed E-state index contributed by atoms with van der Waals surface area (Å²) in [5.74, 6) is 1.24. The first-order valence-electron chi connectivity index (χ1n) is 7.52. The summed E-state index contributed by atoms with van der Waals surface area (Å²) in [6.45, 7) is 0.597. The number of H-pyrrole nitrogens is 2. The lowest BCUT2D eigenvalue weighted by Crippen LogP contribution is -1.92. The van der Waals surface area contributed by atoms with Crippen LogP contribution in [-0.2, 0) is 11.3 Å². The largest absolute Gasteiger partial charge is 0.380 e. The van der Waals surface area contributed by atoms with Gasteiger partial charge in [0.2, 0.25) is 5.95 Å². The molecule has 0 aliphatic carbocycles. The van der Waals surface area contributed by atoms with E-state index in [0.717, 1.165) is 27.7 Å². The van der Waals surface area contributed by atoms with Crippen LogP contribution in [0, 0.1) is 0 Å². The number of hydrogen-bond acceptors (Lipinski definition) is 5. The molecule has 0 saturated heterocycles. The summed E-state index contributed by atoms with van der Waals surface area (Å²) in [6.07, 6.45) is 1.78. The van der Waals surface area contributed by atoms with Gasteiger partial charge in [-0.15, -0.1) is 5.10 Å². The minimum absolute atomic E-state index is 0.522. The highest BCUT2D eigenvalue weighted by Gasteiger charge is 2.07. The number of aromatic nitrogens is 5. The number of anilines is 2.